The molecular weight excluding hydrogens is 222 g/mol. The molecule has 0 aromatic heterocycles. The first-order valence-corrected chi connectivity index (χ1v) is 5.58. The van der Waals surface area contributed by atoms with Gasteiger partial charge < -0.3 is 9.47 Å². The van der Waals surface area contributed by atoms with Crippen LogP contribution in [0.5, 0.6) is 5.75 Å². The second kappa shape index (κ2) is 4.33. The molecule has 17 heavy (non-hydrogen) atoms. The van der Waals surface area contributed by atoms with Crippen LogP contribution in [0.2, 0.25) is 0 Å². The van der Waals surface area contributed by atoms with E-state index in [1.165, 1.54) is 6.07 Å². The molecule has 1 saturated heterocycles. The van der Waals surface area contributed by atoms with Crippen LogP contribution in [0.15, 0.2) is 18.2 Å². The second-order valence-corrected chi connectivity index (χ2v) is 4.34. The van der Waals surface area contributed by atoms with Gasteiger partial charge in [-0.1, -0.05) is 6.92 Å². The summed E-state index contributed by atoms with van der Waals surface area (Å²) in [7, 11) is 0. The number of nitro groups is 1. The fourth-order valence-corrected chi connectivity index (χ4v) is 1.81. The molecule has 1 aromatic rings. The van der Waals surface area contributed by atoms with Gasteiger partial charge in [0.2, 0.25) is 0 Å². The van der Waals surface area contributed by atoms with Gasteiger partial charge in [0, 0.05) is 11.6 Å². The molecule has 0 N–H and O–H groups in total. The third kappa shape index (κ3) is 2.24. The van der Waals surface area contributed by atoms with Crippen molar-refractivity contribution in [2.75, 3.05) is 13.2 Å². The molecule has 92 valence electrons. The van der Waals surface area contributed by atoms with Crippen molar-refractivity contribution in [2.24, 2.45) is 0 Å². The van der Waals surface area contributed by atoms with E-state index in [4.69, 9.17) is 9.47 Å². The topological polar surface area (TPSA) is 61.6 Å². The highest BCUT2D eigenvalue weighted by Gasteiger charge is 2.39. The molecule has 0 aliphatic carbocycles. The van der Waals surface area contributed by atoms with E-state index < -0.39 is 0 Å². The Hall–Kier alpha value is -1.62. The fourth-order valence-electron chi connectivity index (χ4n) is 1.81. The summed E-state index contributed by atoms with van der Waals surface area (Å²) in [4.78, 5) is 10.3. The Kier molecular flexibility index (Phi) is 3.02. The molecule has 0 radical (unpaired) electrons. The average molecular weight is 237 g/mol. The van der Waals surface area contributed by atoms with Gasteiger partial charge in [-0.15, -0.1) is 0 Å². The lowest BCUT2D eigenvalue weighted by Crippen LogP contribution is -2.53. The summed E-state index contributed by atoms with van der Waals surface area (Å²) in [6.07, 6.45) is 0.864. The van der Waals surface area contributed by atoms with Gasteiger partial charge in [0.25, 0.3) is 5.69 Å². The molecule has 1 aliphatic rings. The Morgan fingerprint density at radius 2 is 2.24 bits per heavy atom. The lowest BCUT2D eigenvalue weighted by Gasteiger charge is -2.40. The zero-order valence-electron chi connectivity index (χ0n) is 9.93. The molecule has 0 unspecified atom stereocenters. The minimum absolute atomic E-state index is 0.118. The molecule has 1 aliphatic heterocycles. The Bertz CT molecular complexity index is 435. The zero-order valence-corrected chi connectivity index (χ0v) is 9.93. The van der Waals surface area contributed by atoms with Crippen LogP contribution < -0.4 is 4.74 Å². The maximum atomic E-state index is 10.7. The van der Waals surface area contributed by atoms with Crippen LogP contribution in [0.25, 0.3) is 0 Å². The molecule has 0 saturated carbocycles. The van der Waals surface area contributed by atoms with E-state index in [9.17, 15) is 10.1 Å². The number of nitro benzene ring substituents is 1. The number of ether oxygens (including phenoxy) is 2. The van der Waals surface area contributed by atoms with Crippen molar-refractivity contribution in [3.8, 4) is 5.75 Å². The summed E-state index contributed by atoms with van der Waals surface area (Å²) in [5.41, 5.74) is 0.481. The Morgan fingerprint density at radius 1 is 1.53 bits per heavy atom. The minimum atomic E-state index is -0.388. The maximum Gasteiger partial charge on any atom is 0.272 e. The standard InChI is InChI=1S/C12H15NO4/c1-3-12(7-16-8-12)17-10-4-5-11(13(14)15)9(2)6-10/h4-6H,3,7-8H2,1-2H3. The van der Waals surface area contributed by atoms with Crippen molar-refractivity contribution < 1.29 is 14.4 Å². The van der Waals surface area contributed by atoms with Gasteiger partial charge in [0.1, 0.15) is 5.75 Å². The first-order chi connectivity index (χ1) is 8.06. The van der Waals surface area contributed by atoms with Gasteiger partial charge in [0.05, 0.1) is 18.1 Å². The third-order valence-electron chi connectivity index (χ3n) is 3.07. The lowest BCUT2D eigenvalue weighted by atomic mass is 9.98. The monoisotopic (exact) mass is 237 g/mol. The van der Waals surface area contributed by atoms with Crippen LogP contribution in [0, 0.1) is 17.0 Å². The molecule has 5 nitrogen and oxygen atoms in total. The van der Waals surface area contributed by atoms with E-state index in [-0.39, 0.29) is 16.2 Å². The van der Waals surface area contributed by atoms with Crippen LogP contribution in [-0.4, -0.2) is 23.7 Å². The second-order valence-electron chi connectivity index (χ2n) is 4.34. The van der Waals surface area contributed by atoms with Crippen molar-refractivity contribution in [3.63, 3.8) is 0 Å². The minimum Gasteiger partial charge on any atom is -0.482 e. The number of hydrogen-bond acceptors (Lipinski definition) is 4. The molecular formula is C12H15NO4. The quantitative estimate of drug-likeness (QED) is 0.596. The molecule has 1 heterocycles. The highest BCUT2D eigenvalue weighted by molar-refractivity contribution is 5.44. The van der Waals surface area contributed by atoms with Crippen molar-refractivity contribution in [2.45, 2.75) is 25.9 Å². The van der Waals surface area contributed by atoms with Gasteiger partial charge >= 0.3 is 0 Å². The van der Waals surface area contributed by atoms with Gasteiger partial charge in [-0.25, -0.2) is 0 Å². The Morgan fingerprint density at radius 3 is 2.65 bits per heavy atom. The molecule has 0 spiro atoms. The number of aryl methyl sites for hydroxylation is 1. The fraction of sp³-hybridized carbons (Fsp3) is 0.500. The van der Waals surface area contributed by atoms with Crippen molar-refractivity contribution in [1.82, 2.24) is 0 Å². The van der Waals surface area contributed by atoms with Crippen LogP contribution >= 0.6 is 0 Å². The molecule has 0 atom stereocenters. The predicted octanol–water partition coefficient (Wildman–Crippen LogP) is 2.46. The van der Waals surface area contributed by atoms with E-state index in [2.05, 4.69) is 0 Å². The largest absolute Gasteiger partial charge is 0.482 e. The number of nitrogens with zero attached hydrogens (tertiary/aromatic N) is 1. The molecule has 0 amide bonds. The summed E-state index contributed by atoms with van der Waals surface area (Å²) in [6, 6.07) is 4.82. The molecule has 1 aromatic carbocycles. The van der Waals surface area contributed by atoms with E-state index >= 15 is 0 Å². The SMILES string of the molecule is CCC1(Oc2ccc([N+](=O)[O-])c(C)c2)COC1. The van der Waals surface area contributed by atoms with Gasteiger partial charge in [0.15, 0.2) is 5.60 Å². The van der Waals surface area contributed by atoms with E-state index in [1.54, 1.807) is 19.1 Å². The normalized spacial score (nSPS) is 17.3. The van der Waals surface area contributed by atoms with Crippen molar-refractivity contribution in [1.29, 1.82) is 0 Å². The maximum absolute atomic E-state index is 10.7. The van der Waals surface area contributed by atoms with E-state index in [0.717, 1.165) is 6.42 Å². The van der Waals surface area contributed by atoms with Crippen LogP contribution in [-0.2, 0) is 4.74 Å². The van der Waals surface area contributed by atoms with E-state index in [1.807, 2.05) is 6.92 Å². The summed E-state index contributed by atoms with van der Waals surface area (Å²) in [6.45, 7) is 4.92. The van der Waals surface area contributed by atoms with Gasteiger partial charge in [-0.05, 0) is 25.5 Å². The molecule has 2 rings (SSSR count). The number of rotatable bonds is 4. The number of hydrogen-bond donors (Lipinski definition) is 0. The first-order valence-electron chi connectivity index (χ1n) is 5.58. The smallest absolute Gasteiger partial charge is 0.272 e. The Balaban J connectivity index is 2.17. The highest BCUT2D eigenvalue weighted by Crippen LogP contribution is 2.30. The molecule has 5 heteroatoms. The average Bonchev–Trinajstić information content (AvgIpc) is 2.23. The van der Waals surface area contributed by atoms with Crippen molar-refractivity contribution >= 4 is 5.69 Å². The third-order valence-corrected chi connectivity index (χ3v) is 3.07. The van der Waals surface area contributed by atoms with Crippen LogP contribution in [0.3, 0.4) is 0 Å². The Labute approximate surface area is 99.5 Å². The van der Waals surface area contributed by atoms with Gasteiger partial charge in [-0.2, -0.15) is 0 Å². The summed E-state index contributed by atoms with van der Waals surface area (Å²) >= 11 is 0. The zero-order chi connectivity index (χ0) is 12.5. The predicted molar refractivity (Wildman–Crippen MR) is 62.3 cm³/mol. The lowest BCUT2D eigenvalue weighted by molar-refractivity contribution is -0.385. The molecule has 1 fully saturated rings. The van der Waals surface area contributed by atoms with E-state index in [0.29, 0.717) is 24.5 Å². The van der Waals surface area contributed by atoms with Crippen LogP contribution in [0.1, 0.15) is 18.9 Å². The number of benzene rings is 1. The summed E-state index contributed by atoms with van der Waals surface area (Å²) in [5, 5.41) is 10.7. The van der Waals surface area contributed by atoms with Crippen LogP contribution in [0.4, 0.5) is 5.69 Å². The van der Waals surface area contributed by atoms with Gasteiger partial charge in [-0.3, -0.25) is 10.1 Å². The van der Waals surface area contributed by atoms with Crippen molar-refractivity contribution in [3.05, 3.63) is 33.9 Å². The molecule has 0 bridgehead atoms. The summed E-state index contributed by atoms with van der Waals surface area (Å²) < 4.78 is 11.0. The summed E-state index contributed by atoms with van der Waals surface area (Å²) in [5.74, 6) is 0.665. The highest BCUT2D eigenvalue weighted by atomic mass is 16.6. The first kappa shape index (κ1) is 11.9.